The third kappa shape index (κ3) is 4.88. The predicted octanol–water partition coefficient (Wildman–Crippen LogP) is 4.30. The Labute approximate surface area is 173 Å². The summed E-state index contributed by atoms with van der Waals surface area (Å²) in [4.78, 5) is 26.1. The van der Waals surface area contributed by atoms with Gasteiger partial charge in [-0.15, -0.1) is 0 Å². The van der Waals surface area contributed by atoms with E-state index in [1.807, 2.05) is 42.5 Å². The van der Waals surface area contributed by atoms with Crippen molar-refractivity contribution >= 4 is 51.9 Å². The zero-order valence-corrected chi connectivity index (χ0v) is 16.8. The second kappa shape index (κ2) is 9.34. The molecule has 2 aromatic carbocycles. The first kappa shape index (κ1) is 19.9. The Morgan fingerprint density at radius 3 is 2.57 bits per heavy atom. The van der Waals surface area contributed by atoms with Gasteiger partial charge in [-0.25, -0.2) is 4.79 Å². The maximum Gasteiger partial charge on any atom is 0.337 e. The number of thiocarbonyl (C=S) groups is 1. The van der Waals surface area contributed by atoms with Crippen molar-refractivity contribution in [2.24, 2.45) is 0 Å². The SMILES string of the molecule is COC(=O)c1ccc(NCN2C(=O)C(=CC=Cc3ccccc3)SC2=S)cc1. The van der Waals surface area contributed by atoms with Crippen molar-refractivity contribution < 1.29 is 14.3 Å². The first-order valence-corrected chi connectivity index (χ1v) is 9.70. The first-order valence-electron chi connectivity index (χ1n) is 8.48. The topological polar surface area (TPSA) is 58.6 Å². The third-order valence-corrected chi connectivity index (χ3v) is 5.35. The minimum absolute atomic E-state index is 0.133. The van der Waals surface area contributed by atoms with Crippen molar-refractivity contribution in [1.29, 1.82) is 0 Å². The van der Waals surface area contributed by atoms with Crippen LogP contribution in [0.25, 0.3) is 6.08 Å². The molecule has 5 nitrogen and oxygen atoms in total. The van der Waals surface area contributed by atoms with E-state index >= 15 is 0 Å². The molecule has 0 unspecified atom stereocenters. The van der Waals surface area contributed by atoms with Crippen molar-refractivity contribution in [3.8, 4) is 0 Å². The van der Waals surface area contributed by atoms with Crippen molar-refractivity contribution in [2.75, 3.05) is 19.1 Å². The quantitative estimate of drug-likeness (QED) is 0.435. The fraction of sp³-hybridized carbons (Fsp3) is 0.0952. The lowest BCUT2D eigenvalue weighted by Gasteiger charge is -2.16. The number of ether oxygens (including phenoxy) is 1. The van der Waals surface area contributed by atoms with E-state index in [-0.39, 0.29) is 12.6 Å². The highest BCUT2D eigenvalue weighted by atomic mass is 32.2. The number of amides is 1. The van der Waals surface area contributed by atoms with Gasteiger partial charge in [0.15, 0.2) is 0 Å². The van der Waals surface area contributed by atoms with Crippen LogP contribution in [-0.4, -0.2) is 34.9 Å². The third-order valence-electron chi connectivity index (χ3n) is 3.96. The lowest BCUT2D eigenvalue weighted by Crippen LogP contribution is -2.33. The van der Waals surface area contributed by atoms with E-state index in [0.29, 0.717) is 14.8 Å². The lowest BCUT2D eigenvalue weighted by molar-refractivity contribution is -0.121. The monoisotopic (exact) mass is 410 g/mol. The molecule has 0 spiro atoms. The van der Waals surface area contributed by atoms with Crippen LogP contribution in [0, 0.1) is 0 Å². The average Bonchev–Trinajstić information content (AvgIpc) is 3.00. The first-order chi connectivity index (χ1) is 13.6. The molecule has 1 saturated heterocycles. The summed E-state index contributed by atoms with van der Waals surface area (Å²) in [7, 11) is 1.34. The Bertz CT molecular complexity index is 938. The standard InChI is InChI=1S/C21H18N2O3S2/c1-26-20(25)16-10-12-17(13-11-16)22-14-23-19(24)18(28-21(23)27)9-5-8-15-6-3-2-4-7-15/h2-13,22H,14H2,1H3. The van der Waals surface area contributed by atoms with Gasteiger partial charge in [-0.05, 0) is 35.9 Å². The number of thioether (sulfide) groups is 1. The molecule has 1 amide bonds. The molecular weight excluding hydrogens is 392 g/mol. The summed E-state index contributed by atoms with van der Waals surface area (Å²) in [5, 5.41) is 3.14. The zero-order valence-electron chi connectivity index (χ0n) is 15.1. The van der Waals surface area contributed by atoms with Gasteiger partial charge in [-0.3, -0.25) is 9.69 Å². The van der Waals surface area contributed by atoms with Crippen LogP contribution in [0.5, 0.6) is 0 Å². The summed E-state index contributed by atoms with van der Waals surface area (Å²) in [6, 6.07) is 16.7. The maximum atomic E-state index is 12.6. The Kier molecular flexibility index (Phi) is 6.62. The van der Waals surface area contributed by atoms with E-state index in [4.69, 9.17) is 12.2 Å². The molecular formula is C21H18N2O3S2. The molecule has 0 bridgehead atoms. The molecule has 0 atom stereocenters. The Morgan fingerprint density at radius 2 is 1.89 bits per heavy atom. The number of methoxy groups -OCH3 is 1. The second-order valence-electron chi connectivity index (χ2n) is 5.81. The number of nitrogens with zero attached hydrogens (tertiary/aromatic N) is 1. The van der Waals surface area contributed by atoms with Crippen LogP contribution in [0.15, 0.2) is 71.7 Å². The van der Waals surface area contributed by atoms with E-state index in [0.717, 1.165) is 11.3 Å². The molecule has 0 saturated carbocycles. The van der Waals surface area contributed by atoms with Crippen LogP contribution < -0.4 is 5.32 Å². The number of benzene rings is 2. The van der Waals surface area contributed by atoms with Gasteiger partial charge in [-0.2, -0.15) is 0 Å². The highest BCUT2D eigenvalue weighted by molar-refractivity contribution is 8.26. The minimum atomic E-state index is -0.391. The average molecular weight is 411 g/mol. The summed E-state index contributed by atoms with van der Waals surface area (Å²) >= 11 is 6.60. The minimum Gasteiger partial charge on any atom is -0.465 e. The molecule has 0 aromatic heterocycles. The fourth-order valence-electron chi connectivity index (χ4n) is 2.47. The van der Waals surface area contributed by atoms with Gasteiger partial charge in [0.25, 0.3) is 5.91 Å². The molecule has 0 radical (unpaired) electrons. The summed E-state index contributed by atoms with van der Waals surface area (Å²) in [5.74, 6) is -0.524. The predicted molar refractivity (Wildman–Crippen MR) is 117 cm³/mol. The number of hydrogen-bond donors (Lipinski definition) is 1. The van der Waals surface area contributed by atoms with E-state index in [9.17, 15) is 9.59 Å². The highest BCUT2D eigenvalue weighted by Crippen LogP contribution is 2.30. The maximum absolute atomic E-state index is 12.6. The lowest BCUT2D eigenvalue weighted by atomic mass is 10.2. The Morgan fingerprint density at radius 1 is 1.18 bits per heavy atom. The molecule has 1 N–H and O–H groups in total. The number of rotatable bonds is 6. The van der Waals surface area contributed by atoms with Gasteiger partial charge in [0.05, 0.1) is 24.2 Å². The number of carbonyl (C=O) groups is 2. The summed E-state index contributed by atoms with van der Waals surface area (Å²) < 4.78 is 5.18. The van der Waals surface area contributed by atoms with Crippen molar-refractivity contribution in [2.45, 2.75) is 0 Å². The molecule has 1 fully saturated rings. The highest BCUT2D eigenvalue weighted by Gasteiger charge is 2.31. The molecule has 28 heavy (non-hydrogen) atoms. The normalized spacial score (nSPS) is 15.5. The van der Waals surface area contributed by atoms with Crippen LogP contribution in [0.4, 0.5) is 5.69 Å². The van der Waals surface area contributed by atoms with E-state index in [1.165, 1.54) is 23.8 Å². The summed E-state index contributed by atoms with van der Waals surface area (Å²) in [6.07, 6.45) is 5.56. The molecule has 7 heteroatoms. The van der Waals surface area contributed by atoms with Crippen LogP contribution in [-0.2, 0) is 9.53 Å². The van der Waals surface area contributed by atoms with Gasteiger partial charge in [0.1, 0.15) is 4.32 Å². The van der Waals surface area contributed by atoms with Crippen molar-refractivity contribution in [1.82, 2.24) is 4.90 Å². The molecule has 1 aliphatic rings. The molecule has 1 heterocycles. The molecule has 142 valence electrons. The van der Waals surface area contributed by atoms with Crippen LogP contribution in [0.2, 0.25) is 0 Å². The van der Waals surface area contributed by atoms with E-state index in [1.54, 1.807) is 30.3 Å². The van der Waals surface area contributed by atoms with Crippen LogP contribution >= 0.6 is 24.0 Å². The Balaban J connectivity index is 1.60. The smallest absolute Gasteiger partial charge is 0.337 e. The van der Waals surface area contributed by atoms with Gasteiger partial charge >= 0.3 is 5.97 Å². The molecule has 0 aliphatic carbocycles. The number of hydrogen-bond acceptors (Lipinski definition) is 6. The van der Waals surface area contributed by atoms with Crippen molar-refractivity contribution in [3.63, 3.8) is 0 Å². The number of nitrogens with one attached hydrogen (secondary N) is 1. The van der Waals surface area contributed by atoms with Crippen LogP contribution in [0.3, 0.4) is 0 Å². The van der Waals surface area contributed by atoms with E-state index < -0.39 is 5.97 Å². The molecule has 1 aliphatic heterocycles. The summed E-state index contributed by atoms with van der Waals surface area (Å²) in [5.41, 5.74) is 2.30. The largest absolute Gasteiger partial charge is 0.465 e. The molecule has 3 rings (SSSR count). The number of anilines is 1. The molecule has 2 aromatic rings. The summed E-state index contributed by atoms with van der Waals surface area (Å²) in [6.45, 7) is 0.252. The number of allylic oxidation sites excluding steroid dienone is 2. The Hall–Kier alpha value is -2.90. The number of carbonyl (C=O) groups excluding carboxylic acids is 2. The fourth-order valence-corrected chi connectivity index (χ4v) is 3.68. The van der Waals surface area contributed by atoms with Gasteiger partial charge < -0.3 is 10.1 Å². The van der Waals surface area contributed by atoms with Gasteiger partial charge in [0.2, 0.25) is 0 Å². The number of esters is 1. The van der Waals surface area contributed by atoms with Crippen molar-refractivity contribution in [3.05, 3.63) is 82.8 Å². The second-order valence-corrected chi connectivity index (χ2v) is 7.48. The van der Waals surface area contributed by atoms with Gasteiger partial charge in [0, 0.05) is 5.69 Å². The van der Waals surface area contributed by atoms with E-state index in [2.05, 4.69) is 10.1 Å². The van der Waals surface area contributed by atoms with Gasteiger partial charge in [-0.1, -0.05) is 66.5 Å². The zero-order chi connectivity index (χ0) is 19.9. The van der Waals surface area contributed by atoms with Crippen LogP contribution in [0.1, 0.15) is 15.9 Å².